The van der Waals surface area contributed by atoms with Crippen molar-refractivity contribution in [3.8, 4) is 5.95 Å². The minimum absolute atomic E-state index is 0.0275. The minimum Gasteiger partial charge on any atom is -0.343 e. The second-order valence-electron chi connectivity index (χ2n) is 3.83. The molecule has 0 radical (unpaired) electrons. The van der Waals surface area contributed by atoms with Gasteiger partial charge in [0.2, 0.25) is 11.2 Å². The van der Waals surface area contributed by atoms with Crippen LogP contribution in [0.25, 0.3) is 5.95 Å². The number of aromatic nitrogens is 6. The molecule has 20 heavy (non-hydrogen) atoms. The Morgan fingerprint density at radius 3 is 2.65 bits per heavy atom. The highest BCUT2D eigenvalue weighted by molar-refractivity contribution is 6.28. The highest BCUT2D eigenvalue weighted by Crippen LogP contribution is 2.21. The molecule has 0 N–H and O–H groups in total. The van der Waals surface area contributed by atoms with Gasteiger partial charge in [0.1, 0.15) is 12.7 Å². The quantitative estimate of drug-likeness (QED) is 0.852. The van der Waals surface area contributed by atoms with Crippen LogP contribution in [-0.2, 0) is 0 Å². The zero-order valence-electron chi connectivity index (χ0n) is 10.2. The first-order valence-corrected chi connectivity index (χ1v) is 5.77. The predicted octanol–water partition coefficient (Wildman–Crippen LogP) is 1.49. The normalized spacial score (nSPS) is 11.7. The Labute approximate surface area is 116 Å². The van der Waals surface area contributed by atoms with E-state index >= 15 is 0 Å². The first-order chi connectivity index (χ1) is 9.35. The van der Waals surface area contributed by atoms with Gasteiger partial charge in [0, 0.05) is 13.6 Å². The molecule has 0 aliphatic rings. The lowest BCUT2D eigenvalue weighted by Gasteiger charge is -2.18. The summed E-state index contributed by atoms with van der Waals surface area (Å²) in [5, 5.41) is 3.67. The fraction of sp³-hybridized carbons (Fsp3) is 0.444. The summed E-state index contributed by atoms with van der Waals surface area (Å²) in [5.41, 5.74) is 0. The Balaban J connectivity index is 2.20. The van der Waals surface area contributed by atoms with E-state index in [2.05, 4.69) is 25.0 Å². The molecule has 0 amide bonds. The van der Waals surface area contributed by atoms with Crippen LogP contribution >= 0.6 is 11.6 Å². The van der Waals surface area contributed by atoms with E-state index in [0.717, 1.165) is 0 Å². The third-order valence-corrected chi connectivity index (χ3v) is 2.45. The monoisotopic (exact) mass is 307 g/mol. The Morgan fingerprint density at radius 2 is 2.05 bits per heavy atom. The fourth-order valence-electron chi connectivity index (χ4n) is 1.31. The van der Waals surface area contributed by atoms with Crippen molar-refractivity contribution in [3.05, 3.63) is 17.9 Å². The summed E-state index contributed by atoms with van der Waals surface area (Å²) < 4.78 is 37.8. The van der Waals surface area contributed by atoms with Crippen molar-refractivity contribution in [2.75, 3.05) is 18.5 Å². The number of anilines is 1. The maximum Gasteiger partial charge on any atom is 0.390 e. The number of halogens is 4. The smallest absolute Gasteiger partial charge is 0.343 e. The molecule has 108 valence electrons. The molecule has 0 aliphatic carbocycles. The molecular weight excluding hydrogens is 299 g/mol. The van der Waals surface area contributed by atoms with E-state index in [9.17, 15) is 13.2 Å². The molecule has 0 saturated carbocycles. The van der Waals surface area contributed by atoms with Crippen LogP contribution in [0.1, 0.15) is 6.42 Å². The van der Waals surface area contributed by atoms with E-state index in [4.69, 9.17) is 11.6 Å². The molecule has 2 heterocycles. The van der Waals surface area contributed by atoms with Gasteiger partial charge in [-0.15, -0.1) is 0 Å². The molecule has 0 atom stereocenters. The molecule has 7 nitrogen and oxygen atoms in total. The van der Waals surface area contributed by atoms with Gasteiger partial charge < -0.3 is 4.90 Å². The van der Waals surface area contributed by atoms with E-state index < -0.39 is 12.6 Å². The molecule has 0 unspecified atom stereocenters. The predicted molar refractivity (Wildman–Crippen MR) is 63.7 cm³/mol. The van der Waals surface area contributed by atoms with Crippen LogP contribution in [0.3, 0.4) is 0 Å². The lowest BCUT2D eigenvalue weighted by atomic mass is 10.4. The van der Waals surface area contributed by atoms with E-state index in [1.165, 1.54) is 29.3 Å². The maximum absolute atomic E-state index is 12.2. The molecule has 0 bridgehead atoms. The van der Waals surface area contributed by atoms with Gasteiger partial charge in [-0.1, -0.05) is 0 Å². The van der Waals surface area contributed by atoms with Gasteiger partial charge >= 0.3 is 6.18 Å². The molecule has 0 aromatic carbocycles. The Hall–Kier alpha value is -1.97. The zero-order chi connectivity index (χ0) is 14.8. The van der Waals surface area contributed by atoms with E-state index in [0.29, 0.717) is 0 Å². The molecule has 0 spiro atoms. The van der Waals surface area contributed by atoms with Crippen molar-refractivity contribution >= 4 is 17.5 Å². The molecular formula is C9H9ClF3N7. The SMILES string of the molecule is CN(CCC(F)(F)F)c1nc(Cl)nc(-n2cncn2)n1. The van der Waals surface area contributed by atoms with Crippen molar-refractivity contribution in [2.45, 2.75) is 12.6 Å². The molecule has 2 aromatic heterocycles. The van der Waals surface area contributed by atoms with Gasteiger partial charge in [-0.05, 0) is 11.6 Å². The third-order valence-electron chi connectivity index (χ3n) is 2.28. The van der Waals surface area contributed by atoms with E-state index in [-0.39, 0.29) is 23.7 Å². The Kier molecular flexibility index (Phi) is 4.02. The second-order valence-corrected chi connectivity index (χ2v) is 4.17. The fourth-order valence-corrected chi connectivity index (χ4v) is 1.46. The average Bonchev–Trinajstić information content (AvgIpc) is 2.88. The van der Waals surface area contributed by atoms with Crippen molar-refractivity contribution in [1.82, 2.24) is 29.7 Å². The van der Waals surface area contributed by atoms with Crippen LogP contribution in [0.2, 0.25) is 5.28 Å². The number of nitrogens with zero attached hydrogens (tertiary/aromatic N) is 7. The number of alkyl halides is 3. The van der Waals surface area contributed by atoms with E-state index in [1.54, 1.807) is 0 Å². The van der Waals surface area contributed by atoms with Gasteiger partial charge in [-0.3, -0.25) is 0 Å². The highest BCUT2D eigenvalue weighted by Gasteiger charge is 2.27. The van der Waals surface area contributed by atoms with Gasteiger partial charge in [-0.25, -0.2) is 4.98 Å². The van der Waals surface area contributed by atoms with Crippen LogP contribution < -0.4 is 4.90 Å². The van der Waals surface area contributed by atoms with Gasteiger partial charge in [0.15, 0.2) is 0 Å². The lowest BCUT2D eigenvalue weighted by Crippen LogP contribution is -2.26. The zero-order valence-corrected chi connectivity index (χ0v) is 11.0. The van der Waals surface area contributed by atoms with Crippen LogP contribution in [0.15, 0.2) is 12.7 Å². The summed E-state index contributed by atoms with van der Waals surface area (Å²) in [6.45, 7) is -0.291. The summed E-state index contributed by atoms with van der Waals surface area (Å²) in [7, 11) is 1.43. The van der Waals surface area contributed by atoms with Crippen LogP contribution in [-0.4, -0.2) is 49.5 Å². The number of hydrogen-bond donors (Lipinski definition) is 0. The largest absolute Gasteiger partial charge is 0.390 e. The summed E-state index contributed by atoms with van der Waals surface area (Å²) in [5.74, 6) is 0.108. The highest BCUT2D eigenvalue weighted by atomic mass is 35.5. The number of hydrogen-bond acceptors (Lipinski definition) is 6. The van der Waals surface area contributed by atoms with Gasteiger partial charge in [0.25, 0.3) is 5.95 Å². The van der Waals surface area contributed by atoms with Crippen LogP contribution in [0.4, 0.5) is 19.1 Å². The maximum atomic E-state index is 12.2. The van der Waals surface area contributed by atoms with Crippen LogP contribution in [0, 0.1) is 0 Å². The molecule has 2 rings (SSSR count). The molecule has 11 heteroatoms. The molecule has 0 fully saturated rings. The van der Waals surface area contributed by atoms with Crippen molar-refractivity contribution < 1.29 is 13.2 Å². The topological polar surface area (TPSA) is 72.6 Å². The van der Waals surface area contributed by atoms with E-state index in [1.807, 2.05) is 0 Å². The minimum atomic E-state index is -4.25. The first kappa shape index (κ1) is 14.4. The lowest BCUT2D eigenvalue weighted by molar-refractivity contribution is -0.132. The second kappa shape index (κ2) is 5.57. The third kappa shape index (κ3) is 3.76. The summed E-state index contributed by atoms with van der Waals surface area (Å²) >= 11 is 5.73. The van der Waals surface area contributed by atoms with Crippen molar-refractivity contribution in [3.63, 3.8) is 0 Å². The molecule has 2 aromatic rings. The van der Waals surface area contributed by atoms with Gasteiger partial charge in [-0.2, -0.15) is 37.9 Å². The van der Waals surface area contributed by atoms with Crippen molar-refractivity contribution in [2.24, 2.45) is 0 Å². The Morgan fingerprint density at radius 1 is 1.30 bits per heavy atom. The standard InChI is InChI=1S/C9H9ClF3N7/c1-19(3-2-9(11,12)13)7-16-6(10)17-8(18-7)20-5-14-4-15-20/h4-5H,2-3H2,1H3. The van der Waals surface area contributed by atoms with Crippen LogP contribution in [0.5, 0.6) is 0 Å². The summed E-state index contributed by atoms with van der Waals surface area (Å²) in [6.07, 6.45) is -2.62. The first-order valence-electron chi connectivity index (χ1n) is 5.39. The van der Waals surface area contributed by atoms with Crippen molar-refractivity contribution in [1.29, 1.82) is 0 Å². The Bertz CT molecular complexity index is 571. The number of rotatable bonds is 4. The molecule has 0 aliphatic heterocycles. The molecule has 0 saturated heterocycles. The summed E-state index contributed by atoms with van der Waals surface area (Å²) in [4.78, 5) is 16.6. The summed E-state index contributed by atoms with van der Waals surface area (Å²) in [6, 6.07) is 0. The average molecular weight is 308 g/mol. The van der Waals surface area contributed by atoms with Gasteiger partial charge in [0.05, 0.1) is 6.42 Å².